The van der Waals surface area contributed by atoms with Crippen molar-refractivity contribution in [2.75, 3.05) is 68.1 Å². The van der Waals surface area contributed by atoms with Crippen LogP contribution in [0.15, 0.2) is 36.4 Å². The lowest BCUT2D eigenvalue weighted by molar-refractivity contribution is 0.0746. The molecular weight excluding hydrogens is 376 g/mol. The highest BCUT2D eigenvalue weighted by atomic mass is 16.2. The van der Waals surface area contributed by atoms with Gasteiger partial charge < -0.3 is 19.6 Å². The van der Waals surface area contributed by atoms with Crippen molar-refractivity contribution >= 4 is 23.2 Å². The molecule has 2 aromatic rings. The number of nitrogens with zero attached hydrogens (tertiary/aromatic N) is 6. The Morgan fingerprint density at radius 3 is 1.77 bits per heavy atom. The normalized spacial score (nSPS) is 17.6. The van der Waals surface area contributed by atoms with E-state index in [0.29, 0.717) is 13.1 Å². The van der Waals surface area contributed by atoms with Crippen molar-refractivity contribution in [3.8, 4) is 0 Å². The van der Waals surface area contributed by atoms with Crippen LogP contribution in [0.4, 0.5) is 17.3 Å². The number of hydrogen-bond acceptors (Lipinski definition) is 6. The van der Waals surface area contributed by atoms with Gasteiger partial charge in [-0.2, -0.15) is 0 Å². The number of piperazine rings is 1. The van der Waals surface area contributed by atoms with Gasteiger partial charge in [-0.3, -0.25) is 4.79 Å². The lowest BCUT2D eigenvalue weighted by atomic mass is 10.1. The van der Waals surface area contributed by atoms with E-state index in [2.05, 4.69) is 32.1 Å². The van der Waals surface area contributed by atoms with Crippen molar-refractivity contribution in [3.63, 3.8) is 0 Å². The Labute approximate surface area is 179 Å². The second-order valence-electron chi connectivity index (χ2n) is 8.37. The van der Waals surface area contributed by atoms with E-state index in [4.69, 9.17) is 0 Å². The van der Waals surface area contributed by atoms with Gasteiger partial charge in [0.25, 0.3) is 5.91 Å². The summed E-state index contributed by atoms with van der Waals surface area (Å²) >= 11 is 0. The SMILES string of the molecule is CN(C)c1ccc(C(=O)N2CCN(c3ccc(N4CCCCCC4)nn3)CC2)cc1. The van der Waals surface area contributed by atoms with Crippen molar-refractivity contribution in [1.82, 2.24) is 15.1 Å². The van der Waals surface area contributed by atoms with E-state index in [0.717, 1.165) is 49.1 Å². The third-order valence-corrected chi connectivity index (χ3v) is 6.09. The van der Waals surface area contributed by atoms with Crippen LogP contribution in [-0.4, -0.2) is 74.4 Å². The summed E-state index contributed by atoms with van der Waals surface area (Å²) in [6.45, 7) is 5.10. The van der Waals surface area contributed by atoms with E-state index in [-0.39, 0.29) is 5.91 Å². The van der Waals surface area contributed by atoms with Gasteiger partial charge in [-0.1, -0.05) is 12.8 Å². The second kappa shape index (κ2) is 9.32. The van der Waals surface area contributed by atoms with Crippen LogP contribution in [0.2, 0.25) is 0 Å². The molecule has 0 aliphatic carbocycles. The maximum Gasteiger partial charge on any atom is 0.253 e. The first-order valence-corrected chi connectivity index (χ1v) is 11.0. The molecule has 1 amide bonds. The highest BCUT2D eigenvalue weighted by Gasteiger charge is 2.23. The number of carbonyl (C=O) groups is 1. The largest absolute Gasteiger partial charge is 0.378 e. The molecule has 7 nitrogen and oxygen atoms in total. The van der Waals surface area contributed by atoms with Crippen molar-refractivity contribution in [1.29, 1.82) is 0 Å². The van der Waals surface area contributed by atoms with E-state index in [9.17, 15) is 4.79 Å². The van der Waals surface area contributed by atoms with Gasteiger partial charge in [0.15, 0.2) is 11.6 Å². The molecule has 2 fully saturated rings. The summed E-state index contributed by atoms with van der Waals surface area (Å²) in [7, 11) is 4.00. The van der Waals surface area contributed by atoms with Crippen LogP contribution in [0.3, 0.4) is 0 Å². The van der Waals surface area contributed by atoms with Crippen LogP contribution in [0, 0.1) is 0 Å². The molecule has 1 aromatic carbocycles. The van der Waals surface area contributed by atoms with Crippen molar-refractivity contribution in [2.45, 2.75) is 25.7 Å². The van der Waals surface area contributed by atoms with E-state index in [1.165, 1.54) is 25.7 Å². The molecule has 30 heavy (non-hydrogen) atoms. The molecule has 2 saturated heterocycles. The predicted molar refractivity (Wildman–Crippen MR) is 122 cm³/mol. The van der Waals surface area contributed by atoms with Gasteiger partial charge >= 0.3 is 0 Å². The first-order chi connectivity index (χ1) is 14.6. The van der Waals surface area contributed by atoms with E-state index in [1.807, 2.05) is 48.2 Å². The maximum atomic E-state index is 12.8. The molecule has 1 aromatic heterocycles. The zero-order valence-electron chi connectivity index (χ0n) is 18.1. The van der Waals surface area contributed by atoms with Crippen molar-refractivity contribution < 1.29 is 4.79 Å². The molecule has 0 unspecified atom stereocenters. The Morgan fingerprint density at radius 2 is 1.27 bits per heavy atom. The zero-order chi connectivity index (χ0) is 20.9. The summed E-state index contributed by atoms with van der Waals surface area (Å²) in [5.74, 6) is 1.98. The highest BCUT2D eigenvalue weighted by Crippen LogP contribution is 2.20. The molecular formula is C23H32N6O. The van der Waals surface area contributed by atoms with Crippen LogP contribution in [0.25, 0.3) is 0 Å². The van der Waals surface area contributed by atoms with Crippen LogP contribution in [0.5, 0.6) is 0 Å². The summed E-state index contributed by atoms with van der Waals surface area (Å²) in [6.07, 6.45) is 5.09. The number of benzene rings is 1. The summed E-state index contributed by atoms with van der Waals surface area (Å²) in [4.78, 5) is 21.4. The smallest absolute Gasteiger partial charge is 0.253 e. The number of anilines is 3. The highest BCUT2D eigenvalue weighted by molar-refractivity contribution is 5.94. The van der Waals surface area contributed by atoms with Gasteiger partial charge in [-0.05, 0) is 49.2 Å². The number of aromatic nitrogens is 2. The molecule has 0 atom stereocenters. The van der Waals surface area contributed by atoms with Crippen LogP contribution in [0.1, 0.15) is 36.0 Å². The quantitative estimate of drug-likeness (QED) is 0.775. The maximum absolute atomic E-state index is 12.8. The number of amides is 1. The fourth-order valence-electron chi connectivity index (χ4n) is 4.18. The molecule has 3 heterocycles. The number of rotatable bonds is 4. The van der Waals surface area contributed by atoms with Crippen molar-refractivity contribution in [3.05, 3.63) is 42.0 Å². The third kappa shape index (κ3) is 4.66. The summed E-state index contributed by atoms with van der Waals surface area (Å²) in [6, 6.07) is 12.0. The zero-order valence-corrected chi connectivity index (χ0v) is 18.1. The Morgan fingerprint density at radius 1 is 0.733 bits per heavy atom. The lowest BCUT2D eigenvalue weighted by Crippen LogP contribution is -2.49. The molecule has 2 aliphatic rings. The van der Waals surface area contributed by atoms with Crippen LogP contribution < -0.4 is 14.7 Å². The lowest BCUT2D eigenvalue weighted by Gasteiger charge is -2.35. The van der Waals surface area contributed by atoms with Crippen LogP contribution >= 0.6 is 0 Å². The van der Waals surface area contributed by atoms with Gasteiger partial charge in [-0.25, -0.2) is 0 Å². The molecule has 0 spiro atoms. The standard InChI is InChI=1S/C23H32N6O/c1-26(2)20-9-7-19(8-10-20)23(30)29-17-15-28(16-18-29)22-12-11-21(24-25-22)27-13-5-3-4-6-14-27/h7-12H,3-6,13-18H2,1-2H3. The molecule has 0 radical (unpaired) electrons. The first kappa shape index (κ1) is 20.4. The topological polar surface area (TPSA) is 55.8 Å². The van der Waals surface area contributed by atoms with Gasteiger partial charge in [0.1, 0.15) is 0 Å². The van der Waals surface area contributed by atoms with Gasteiger partial charge in [-0.15, -0.1) is 10.2 Å². The monoisotopic (exact) mass is 408 g/mol. The average molecular weight is 409 g/mol. The van der Waals surface area contributed by atoms with Gasteiger partial charge in [0, 0.05) is 64.6 Å². The number of hydrogen-bond donors (Lipinski definition) is 0. The summed E-state index contributed by atoms with van der Waals surface area (Å²) < 4.78 is 0. The molecule has 4 rings (SSSR count). The fraction of sp³-hybridized carbons (Fsp3) is 0.522. The predicted octanol–water partition coefficient (Wildman–Crippen LogP) is 2.89. The fourth-order valence-corrected chi connectivity index (χ4v) is 4.18. The molecule has 7 heteroatoms. The molecule has 2 aliphatic heterocycles. The Bertz CT molecular complexity index is 820. The molecule has 0 saturated carbocycles. The number of carbonyl (C=O) groups excluding carboxylic acids is 1. The molecule has 0 N–H and O–H groups in total. The van der Waals surface area contributed by atoms with Gasteiger partial charge in [0.05, 0.1) is 0 Å². The molecule has 0 bridgehead atoms. The molecule has 160 valence electrons. The van der Waals surface area contributed by atoms with Gasteiger partial charge in [0.2, 0.25) is 0 Å². The Balaban J connectivity index is 1.33. The Hall–Kier alpha value is -2.83. The van der Waals surface area contributed by atoms with E-state index in [1.54, 1.807) is 0 Å². The summed E-state index contributed by atoms with van der Waals surface area (Å²) in [5, 5.41) is 8.98. The second-order valence-corrected chi connectivity index (χ2v) is 8.37. The van der Waals surface area contributed by atoms with Crippen LogP contribution in [-0.2, 0) is 0 Å². The van der Waals surface area contributed by atoms with E-state index < -0.39 is 0 Å². The van der Waals surface area contributed by atoms with Crippen molar-refractivity contribution in [2.24, 2.45) is 0 Å². The minimum absolute atomic E-state index is 0.0996. The average Bonchev–Trinajstić information content (AvgIpc) is 3.09. The minimum Gasteiger partial charge on any atom is -0.378 e. The van der Waals surface area contributed by atoms with E-state index >= 15 is 0 Å². The third-order valence-electron chi connectivity index (χ3n) is 6.09. The summed E-state index contributed by atoms with van der Waals surface area (Å²) in [5.41, 5.74) is 1.84. The Kier molecular flexibility index (Phi) is 6.35. The first-order valence-electron chi connectivity index (χ1n) is 11.0. The minimum atomic E-state index is 0.0996.